The van der Waals surface area contributed by atoms with Crippen LogP contribution in [0, 0.1) is 6.92 Å². The van der Waals surface area contributed by atoms with Gasteiger partial charge in [-0.3, -0.25) is 0 Å². The largest absolute Gasteiger partial charge is 0.307 e. The SMILES string of the molecule is Cc1ccc2c(c1)CNC1(CC1)C2. The van der Waals surface area contributed by atoms with Crippen LogP contribution in [0.4, 0.5) is 0 Å². The van der Waals surface area contributed by atoms with Gasteiger partial charge < -0.3 is 5.32 Å². The van der Waals surface area contributed by atoms with Crippen molar-refractivity contribution in [2.24, 2.45) is 0 Å². The van der Waals surface area contributed by atoms with Gasteiger partial charge in [-0.05, 0) is 37.3 Å². The number of nitrogens with one attached hydrogen (secondary N) is 1. The summed E-state index contributed by atoms with van der Waals surface area (Å²) >= 11 is 0. The summed E-state index contributed by atoms with van der Waals surface area (Å²) in [6.07, 6.45) is 4.00. The zero-order chi connectivity index (χ0) is 8.89. The molecule has 0 bridgehead atoms. The van der Waals surface area contributed by atoms with E-state index in [2.05, 4.69) is 30.4 Å². The molecule has 1 nitrogen and oxygen atoms in total. The molecule has 1 aliphatic heterocycles. The number of aryl methyl sites for hydroxylation is 1. The molecule has 1 spiro atoms. The normalized spacial score (nSPS) is 22.8. The van der Waals surface area contributed by atoms with Gasteiger partial charge in [-0.25, -0.2) is 0 Å². The van der Waals surface area contributed by atoms with Gasteiger partial charge in [-0.2, -0.15) is 0 Å². The van der Waals surface area contributed by atoms with E-state index in [0.717, 1.165) is 6.54 Å². The molecule has 1 fully saturated rings. The van der Waals surface area contributed by atoms with Gasteiger partial charge in [0.05, 0.1) is 0 Å². The number of hydrogen-bond acceptors (Lipinski definition) is 1. The predicted octanol–water partition coefficient (Wildman–Crippen LogP) is 2.17. The molecule has 1 aromatic rings. The summed E-state index contributed by atoms with van der Waals surface area (Å²) in [4.78, 5) is 0. The van der Waals surface area contributed by atoms with Crippen LogP contribution in [0.1, 0.15) is 29.5 Å². The zero-order valence-electron chi connectivity index (χ0n) is 8.06. The molecule has 1 aromatic carbocycles. The first kappa shape index (κ1) is 7.57. The Hall–Kier alpha value is -0.820. The number of fused-ring (bicyclic) bond motifs is 1. The summed E-state index contributed by atoms with van der Waals surface area (Å²) in [6.45, 7) is 3.25. The highest BCUT2D eigenvalue weighted by Crippen LogP contribution is 2.41. The van der Waals surface area contributed by atoms with Crippen molar-refractivity contribution < 1.29 is 0 Å². The summed E-state index contributed by atoms with van der Waals surface area (Å²) in [5.41, 5.74) is 4.98. The third kappa shape index (κ3) is 1.19. The maximum Gasteiger partial charge on any atom is 0.0226 e. The predicted molar refractivity (Wildman–Crippen MR) is 53.7 cm³/mol. The fourth-order valence-electron chi connectivity index (χ4n) is 2.31. The smallest absolute Gasteiger partial charge is 0.0226 e. The van der Waals surface area contributed by atoms with Crippen molar-refractivity contribution in [3.63, 3.8) is 0 Å². The second kappa shape index (κ2) is 2.36. The first-order valence-corrected chi connectivity index (χ1v) is 5.11. The molecule has 0 saturated heterocycles. The molecule has 1 heteroatoms. The summed E-state index contributed by atoms with van der Waals surface area (Å²) in [7, 11) is 0. The van der Waals surface area contributed by atoms with Crippen molar-refractivity contribution in [3.8, 4) is 0 Å². The lowest BCUT2D eigenvalue weighted by molar-refractivity contribution is 0.464. The van der Waals surface area contributed by atoms with Crippen LogP contribution in [0.3, 0.4) is 0 Å². The summed E-state index contributed by atoms with van der Waals surface area (Å²) in [5.74, 6) is 0. The molecule has 1 N–H and O–H groups in total. The molecule has 1 saturated carbocycles. The van der Waals surface area contributed by atoms with Crippen molar-refractivity contribution in [2.75, 3.05) is 0 Å². The highest BCUT2D eigenvalue weighted by molar-refractivity contribution is 5.36. The Kier molecular flexibility index (Phi) is 1.37. The monoisotopic (exact) mass is 173 g/mol. The van der Waals surface area contributed by atoms with Crippen molar-refractivity contribution in [2.45, 2.75) is 38.3 Å². The fourth-order valence-corrected chi connectivity index (χ4v) is 2.31. The quantitative estimate of drug-likeness (QED) is 0.634. The van der Waals surface area contributed by atoms with E-state index in [0.29, 0.717) is 5.54 Å². The van der Waals surface area contributed by atoms with Gasteiger partial charge in [0.1, 0.15) is 0 Å². The van der Waals surface area contributed by atoms with Gasteiger partial charge in [0.2, 0.25) is 0 Å². The van der Waals surface area contributed by atoms with Crippen LogP contribution in [0.2, 0.25) is 0 Å². The van der Waals surface area contributed by atoms with Crippen LogP contribution in [-0.2, 0) is 13.0 Å². The molecule has 0 unspecified atom stereocenters. The van der Waals surface area contributed by atoms with Crippen LogP contribution < -0.4 is 5.32 Å². The maximum atomic E-state index is 3.65. The average molecular weight is 173 g/mol. The Morgan fingerprint density at radius 1 is 1.23 bits per heavy atom. The van der Waals surface area contributed by atoms with Crippen LogP contribution in [0.15, 0.2) is 18.2 Å². The molecule has 2 aliphatic rings. The van der Waals surface area contributed by atoms with Crippen molar-refractivity contribution >= 4 is 0 Å². The molecule has 0 aromatic heterocycles. The van der Waals surface area contributed by atoms with E-state index in [-0.39, 0.29) is 0 Å². The number of hydrogen-bond donors (Lipinski definition) is 1. The number of rotatable bonds is 0. The average Bonchev–Trinajstić information content (AvgIpc) is 2.87. The second-order valence-corrected chi connectivity index (χ2v) is 4.58. The van der Waals surface area contributed by atoms with Crippen molar-refractivity contribution in [3.05, 3.63) is 34.9 Å². The molecule has 0 atom stereocenters. The Labute approximate surface area is 79.2 Å². The molecule has 3 rings (SSSR count). The van der Waals surface area contributed by atoms with Gasteiger partial charge in [0, 0.05) is 12.1 Å². The van der Waals surface area contributed by atoms with E-state index in [9.17, 15) is 0 Å². The highest BCUT2D eigenvalue weighted by atomic mass is 15.0. The highest BCUT2D eigenvalue weighted by Gasteiger charge is 2.44. The van der Waals surface area contributed by atoms with Crippen LogP contribution in [0.5, 0.6) is 0 Å². The third-order valence-corrected chi connectivity index (χ3v) is 3.40. The van der Waals surface area contributed by atoms with Gasteiger partial charge in [-0.1, -0.05) is 23.8 Å². The summed E-state index contributed by atoms with van der Waals surface area (Å²) in [5, 5.41) is 3.65. The molecule has 1 aliphatic carbocycles. The van der Waals surface area contributed by atoms with Gasteiger partial charge in [0.25, 0.3) is 0 Å². The lowest BCUT2D eigenvalue weighted by Crippen LogP contribution is -2.37. The Balaban J connectivity index is 2.00. The fraction of sp³-hybridized carbons (Fsp3) is 0.500. The molecular formula is C12H15N. The number of benzene rings is 1. The minimum Gasteiger partial charge on any atom is -0.307 e. The molecule has 1 heterocycles. The zero-order valence-corrected chi connectivity index (χ0v) is 8.06. The first-order chi connectivity index (χ1) is 6.27. The molecule has 13 heavy (non-hydrogen) atoms. The molecular weight excluding hydrogens is 158 g/mol. The second-order valence-electron chi connectivity index (χ2n) is 4.58. The lowest BCUT2D eigenvalue weighted by Gasteiger charge is -2.26. The van der Waals surface area contributed by atoms with E-state index in [4.69, 9.17) is 0 Å². The van der Waals surface area contributed by atoms with Crippen molar-refractivity contribution in [1.82, 2.24) is 5.32 Å². The van der Waals surface area contributed by atoms with Crippen LogP contribution in [0.25, 0.3) is 0 Å². The van der Waals surface area contributed by atoms with E-state index < -0.39 is 0 Å². The van der Waals surface area contributed by atoms with Gasteiger partial charge >= 0.3 is 0 Å². The molecule has 68 valence electrons. The minimum atomic E-state index is 0.516. The first-order valence-electron chi connectivity index (χ1n) is 5.11. The summed E-state index contributed by atoms with van der Waals surface area (Å²) in [6, 6.07) is 6.86. The molecule has 0 radical (unpaired) electrons. The van der Waals surface area contributed by atoms with Crippen LogP contribution >= 0.6 is 0 Å². The van der Waals surface area contributed by atoms with E-state index in [1.165, 1.54) is 30.4 Å². The standard InChI is InChI=1S/C12H15N/c1-9-2-3-10-7-12(4-5-12)13-8-11(10)6-9/h2-3,6,13H,4-5,7-8H2,1H3. The van der Waals surface area contributed by atoms with E-state index in [1.54, 1.807) is 5.56 Å². The maximum absolute atomic E-state index is 3.65. The van der Waals surface area contributed by atoms with Crippen LogP contribution in [-0.4, -0.2) is 5.54 Å². The van der Waals surface area contributed by atoms with Gasteiger partial charge in [0.15, 0.2) is 0 Å². The Bertz CT molecular complexity index is 350. The molecule has 0 amide bonds. The van der Waals surface area contributed by atoms with Crippen molar-refractivity contribution in [1.29, 1.82) is 0 Å². The topological polar surface area (TPSA) is 12.0 Å². The minimum absolute atomic E-state index is 0.516. The van der Waals surface area contributed by atoms with E-state index >= 15 is 0 Å². The Morgan fingerprint density at radius 2 is 2.08 bits per heavy atom. The third-order valence-electron chi connectivity index (χ3n) is 3.40. The summed E-state index contributed by atoms with van der Waals surface area (Å²) < 4.78 is 0. The van der Waals surface area contributed by atoms with Gasteiger partial charge in [-0.15, -0.1) is 0 Å². The lowest BCUT2D eigenvalue weighted by atomic mass is 9.93. The Morgan fingerprint density at radius 3 is 2.85 bits per heavy atom. The van der Waals surface area contributed by atoms with E-state index in [1.807, 2.05) is 0 Å².